The van der Waals surface area contributed by atoms with E-state index < -0.39 is 0 Å². The normalized spacial score (nSPS) is 16.8. The van der Waals surface area contributed by atoms with E-state index in [1.54, 1.807) is 7.11 Å². The topological polar surface area (TPSA) is 63.5 Å². The van der Waals surface area contributed by atoms with Gasteiger partial charge in [-0.05, 0) is 37.5 Å². The summed E-state index contributed by atoms with van der Waals surface area (Å²) in [5.74, 6) is 2.50. The standard InChI is InChI=1S/C19H35N5O/c1-5-20-18(23-15-19(7-6-8-19)9-12-25-4)22-13-17-21-10-11-24(17)14-16(2)3/h10-11,16H,5-9,12-15H2,1-4H3,(H2,20,22,23). The molecule has 1 heterocycles. The summed E-state index contributed by atoms with van der Waals surface area (Å²) in [7, 11) is 1.78. The molecule has 0 spiro atoms. The third-order valence-corrected chi connectivity index (χ3v) is 4.97. The van der Waals surface area contributed by atoms with E-state index >= 15 is 0 Å². The van der Waals surface area contributed by atoms with Crippen LogP contribution in [0.25, 0.3) is 0 Å². The maximum absolute atomic E-state index is 5.28. The Morgan fingerprint density at radius 2 is 2.20 bits per heavy atom. The van der Waals surface area contributed by atoms with Gasteiger partial charge in [0.05, 0.1) is 0 Å². The first-order valence-electron chi connectivity index (χ1n) is 9.59. The predicted octanol–water partition coefficient (Wildman–Crippen LogP) is 2.80. The lowest BCUT2D eigenvalue weighted by Gasteiger charge is -2.42. The number of imidazole rings is 1. The Kier molecular flexibility index (Phi) is 7.75. The van der Waals surface area contributed by atoms with Gasteiger partial charge in [-0.2, -0.15) is 0 Å². The van der Waals surface area contributed by atoms with Crippen molar-refractivity contribution in [1.29, 1.82) is 0 Å². The van der Waals surface area contributed by atoms with Crippen LogP contribution in [0.5, 0.6) is 0 Å². The third-order valence-electron chi connectivity index (χ3n) is 4.97. The molecule has 0 unspecified atom stereocenters. The van der Waals surface area contributed by atoms with E-state index in [1.165, 1.54) is 19.3 Å². The van der Waals surface area contributed by atoms with E-state index in [2.05, 4.69) is 41.0 Å². The molecule has 6 heteroatoms. The van der Waals surface area contributed by atoms with Gasteiger partial charge in [-0.1, -0.05) is 20.3 Å². The van der Waals surface area contributed by atoms with Gasteiger partial charge in [-0.3, -0.25) is 0 Å². The fraction of sp³-hybridized carbons (Fsp3) is 0.789. The first kappa shape index (κ1) is 19.8. The molecule has 142 valence electrons. The quantitative estimate of drug-likeness (QED) is 0.504. The smallest absolute Gasteiger partial charge is 0.191 e. The van der Waals surface area contributed by atoms with Crippen LogP contribution in [-0.2, 0) is 17.8 Å². The maximum atomic E-state index is 5.28. The van der Waals surface area contributed by atoms with Crippen molar-refractivity contribution < 1.29 is 4.74 Å². The molecule has 0 amide bonds. The first-order valence-corrected chi connectivity index (χ1v) is 9.59. The molecule has 1 saturated carbocycles. The summed E-state index contributed by atoms with van der Waals surface area (Å²) in [6.07, 6.45) is 8.91. The Bertz CT molecular complexity index is 534. The summed E-state index contributed by atoms with van der Waals surface area (Å²) >= 11 is 0. The number of hydrogen-bond donors (Lipinski definition) is 2. The fourth-order valence-electron chi connectivity index (χ4n) is 3.32. The minimum Gasteiger partial charge on any atom is -0.385 e. The van der Waals surface area contributed by atoms with Gasteiger partial charge in [0.2, 0.25) is 0 Å². The SMILES string of the molecule is CCNC(=NCc1nccn1CC(C)C)NCC1(CCOC)CCC1. The molecular weight excluding hydrogens is 314 g/mol. The number of nitrogens with one attached hydrogen (secondary N) is 2. The van der Waals surface area contributed by atoms with Gasteiger partial charge in [0.15, 0.2) is 5.96 Å². The van der Waals surface area contributed by atoms with Gasteiger partial charge in [-0.15, -0.1) is 0 Å². The number of ether oxygens (including phenoxy) is 1. The predicted molar refractivity (Wildman–Crippen MR) is 103 cm³/mol. The lowest BCUT2D eigenvalue weighted by Crippen LogP contribution is -2.47. The number of rotatable bonds is 10. The van der Waals surface area contributed by atoms with Crippen molar-refractivity contribution in [2.45, 2.75) is 59.5 Å². The number of aromatic nitrogens is 2. The van der Waals surface area contributed by atoms with Crippen LogP contribution < -0.4 is 10.6 Å². The monoisotopic (exact) mass is 349 g/mol. The van der Waals surface area contributed by atoms with Crippen molar-refractivity contribution in [2.24, 2.45) is 16.3 Å². The summed E-state index contributed by atoms with van der Waals surface area (Å²) in [6, 6.07) is 0. The van der Waals surface area contributed by atoms with E-state index in [0.717, 1.165) is 44.4 Å². The van der Waals surface area contributed by atoms with Crippen LogP contribution in [0.2, 0.25) is 0 Å². The summed E-state index contributed by atoms with van der Waals surface area (Å²) in [5, 5.41) is 6.89. The zero-order chi connectivity index (χ0) is 18.1. The van der Waals surface area contributed by atoms with Crippen molar-refractivity contribution in [3.63, 3.8) is 0 Å². The van der Waals surface area contributed by atoms with Crippen LogP contribution in [0, 0.1) is 11.3 Å². The minimum atomic E-state index is 0.377. The Morgan fingerprint density at radius 1 is 1.40 bits per heavy atom. The van der Waals surface area contributed by atoms with Crippen molar-refractivity contribution >= 4 is 5.96 Å². The Balaban J connectivity index is 1.93. The van der Waals surface area contributed by atoms with Crippen molar-refractivity contribution in [1.82, 2.24) is 20.2 Å². The van der Waals surface area contributed by atoms with Crippen LogP contribution in [0.1, 0.15) is 52.3 Å². The molecule has 1 aliphatic rings. The molecule has 0 aromatic carbocycles. The highest BCUT2D eigenvalue weighted by Crippen LogP contribution is 2.43. The van der Waals surface area contributed by atoms with E-state index in [9.17, 15) is 0 Å². The first-order chi connectivity index (χ1) is 12.1. The zero-order valence-electron chi connectivity index (χ0n) is 16.3. The summed E-state index contributed by atoms with van der Waals surface area (Å²) in [5.41, 5.74) is 0.377. The minimum absolute atomic E-state index is 0.377. The molecule has 6 nitrogen and oxygen atoms in total. The van der Waals surface area contributed by atoms with Crippen molar-refractivity contribution in [3.05, 3.63) is 18.2 Å². The van der Waals surface area contributed by atoms with Crippen molar-refractivity contribution in [3.8, 4) is 0 Å². The molecule has 1 fully saturated rings. The average Bonchev–Trinajstić information content (AvgIpc) is 2.97. The highest BCUT2D eigenvalue weighted by Gasteiger charge is 2.36. The Hall–Kier alpha value is -1.56. The summed E-state index contributed by atoms with van der Waals surface area (Å²) < 4.78 is 7.48. The number of methoxy groups -OCH3 is 1. The fourth-order valence-corrected chi connectivity index (χ4v) is 3.32. The summed E-state index contributed by atoms with van der Waals surface area (Å²) in [6.45, 7) is 10.8. The molecule has 1 aromatic rings. The lowest BCUT2D eigenvalue weighted by molar-refractivity contribution is 0.0732. The highest BCUT2D eigenvalue weighted by atomic mass is 16.5. The second-order valence-corrected chi connectivity index (χ2v) is 7.53. The number of hydrogen-bond acceptors (Lipinski definition) is 3. The lowest BCUT2D eigenvalue weighted by atomic mass is 9.67. The number of guanidine groups is 1. The molecule has 25 heavy (non-hydrogen) atoms. The van der Waals surface area contributed by atoms with Gasteiger partial charge >= 0.3 is 0 Å². The number of nitrogens with zero attached hydrogens (tertiary/aromatic N) is 3. The molecule has 1 aromatic heterocycles. The Morgan fingerprint density at radius 3 is 2.80 bits per heavy atom. The van der Waals surface area contributed by atoms with E-state index in [0.29, 0.717) is 17.9 Å². The second kappa shape index (κ2) is 9.80. The third kappa shape index (κ3) is 6.03. The van der Waals surface area contributed by atoms with Gasteiger partial charge in [0.1, 0.15) is 12.4 Å². The number of aliphatic imine (C=N–C) groups is 1. The van der Waals surface area contributed by atoms with Gasteiger partial charge in [0.25, 0.3) is 0 Å². The van der Waals surface area contributed by atoms with Gasteiger partial charge in [0, 0.05) is 45.7 Å². The molecule has 0 bridgehead atoms. The maximum Gasteiger partial charge on any atom is 0.191 e. The largest absolute Gasteiger partial charge is 0.385 e. The molecule has 0 radical (unpaired) electrons. The van der Waals surface area contributed by atoms with E-state index in [1.807, 2.05) is 12.4 Å². The molecule has 2 rings (SSSR count). The average molecular weight is 350 g/mol. The Labute approximate surface area is 152 Å². The van der Waals surface area contributed by atoms with Crippen LogP contribution in [0.15, 0.2) is 17.4 Å². The van der Waals surface area contributed by atoms with E-state index in [-0.39, 0.29) is 0 Å². The van der Waals surface area contributed by atoms with Gasteiger partial charge in [-0.25, -0.2) is 9.98 Å². The van der Waals surface area contributed by atoms with Crippen LogP contribution >= 0.6 is 0 Å². The molecule has 2 N–H and O–H groups in total. The molecule has 0 aliphatic heterocycles. The highest BCUT2D eigenvalue weighted by molar-refractivity contribution is 5.79. The second-order valence-electron chi connectivity index (χ2n) is 7.53. The molecular formula is C19H35N5O. The molecule has 0 saturated heterocycles. The summed E-state index contributed by atoms with van der Waals surface area (Å²) in [4.78, 5) is 9.21. The van der Waals surface area contributed by atoms with Crippen LogP contribution in [-0.4, -0.2) is 42.3 Å². The van der Waals surface area contributed by atoms with Crippen LogP contribution in [0.3, 0.4) is 0 Å². The van der Waals surface area contributed by atoms with Crippen LogP contribution in [0.4, 0.5) is 0 Å². The molecule has 1 aliphatic carbocycles. The molecule has 0 atom stereocenters. The van der Waals surface area contributed by atoms with E-state index in [4.69, 9.17) is 9.73 Å². The zero-order valence-corrected chi connectivity index (χ0v) is 16.3. The van der Waals surface area contributed by atoms with Gasteiger partial charge < -0.3 is 19.9 Å². The van der Waals surface area contributed by atoms with Crippen molar-refractivity contribution in [2.75, 3.05) is 26.8 Å².